The predicted octanol–water partition coefficient (Wildman–Crippen LogP) is 4.07. The summed E-state index contributed by atoms with van der Waals surface area (Å²) in [7, 11) is 0. The van der Waals surface area contributed by atoms with Crippen LogP contribution < -0.4 is 27.6 Å². The predicted molar refractivity (Wildman–Crippen MR) is 145 cm³/mol. The van der Waals surface area contributed by atoms with Gasteiger partial charge in [0.2, 0.25) is 11.4 Å². The van der Waals surface area contributed by atoms with Crippen LogP contribution in [-0.2, 0) is 4.79 Å². The van der Waals surface area contributed by atoms with Crippen molar-refractivity contribution in [3.8, 4) is 5.88 Å². The first-order valence-electron chi connectivity index (χ1n) is 11.5. The molecule has 1 amide bonds. The van der Waals surface area contributed by atoms with Crippen LogP contribution in [0.2, 0.25) is 10.0 Å². The standard InChI is InChI=1S/C28H18Cl2N4O4/c29-18-12-6-4-8-15(18)14-20-27(36)37-25-22(24(35)32-16-9-2-1-3-10-16)21(17-11-5-7-13-19(17)30)23-26(34(20)25)38-28(31)33-23/h1-14,21H,(H2,31,33)(H,32,35)/b20-14+/t21-/m0/s1. The number of amides is 1. The number of para-hydroxylation sites is 1. The molecule has 6 rings (SSSR count). The van der Waals surface area contributed by atoms with Crippen LogP contribution in [0.15, 0.2) is 92.5 Å². The van der Waals surface area contributed by atoms with Crippen molar-refractivity contribution < 1.29 is 13.6 Å². The van der Waals surface area contributed by atoms with Crippen molar-refractivity contribution in [1.29, 1.82) is 0 Å². The second kappa shape index (κ2) is 9.41. The number of hydrogen-bond donors (Lipinski definition) is 2. The lowest BCUT2D eigenvalue weighted by Crippen LogP contribution is -2.38. The number of oxazole rings is 2. The topological polar surface area (TPSA) is 116 Å². The second-order valence-corrected chi connectivity index (χ2v) is 9.33. The first kappa shape index (κ1) is 23.8. The van der Waals surface area contributed by atoms with Crippen LogP contribution in [0.4, 0.5) is 11.7 Å². The highest BCUT2D eigenvalue weighted by atomic mass is 35.5. The molecule has 3 aromatic carbocycles. The van der Waals surface area contributed by atoms with Crippen molar-refractivity contribution in [2.45, 2.75) is 5.92 Å². The lowest BCUT2D eigenvalue weighted by atomic mass is 9.86. The number of nitrogens with zero attached hydrogens (tertiary/aromatic N) is 2. The molecule has 10 heteroatoms. The number of carbonyl (C=O) groups excluding carboxylic acids is 1. The van der Waals surface area contributed by atoms with E-state index in [2.05, 4.69) is 10.3 Å². The van der Waals surface area contributed by atoms with E-state index in [-0.39, 0.29) is 28.4 Å². The van der Waals surface area contributed by atoms with Gasteiger partial charge in [-0.25, -0.2) is 9.36 Å². The van der Waals surface area contributed by atoms with E-state index in [0.29, 0.717) is 32.6 Å². The van der Waals surface area contributed by atoms with E-state index >= 15 is 0 Å². The summed E-state index contributed by atoms with van der Waals surface area (Å²) in [6.07, 6.45) is 1.56. The van der Waals surface area contributed by atoms with Crippen molar-refractivity contribution in [2.75, 3.05) is 11.1 Å². The second-order valence-electron chi connectivity index (χ2n) is 8.51. The first-order valence-corrected chi connectivity index (χ1v) is 12.3. The minimum absolute atomic E-state index is 0.0321. The van der Waals surface area contributed by atoms with Crippen LogP contribution in [0.3, 0.4) is 0 Å². The molecule has 38 heavy (non-hydrogen) atoms. The van der Waals surface area contributed by atoms with Crippen LogP contribution in [0.25, 0.3) is 17.5 Å². The lowest BCUT2D eigenvalue weighted by Gasteiger charge is -2.23. The number of rotatable bonds is 4. The maximum atomic E-state index is 13.9. The summed E-state index contributed by atoms with van der Waals surface area (Å²) in [5.74, 6) is -1.22. The summed E-state index contributed by atoms with van der Waals surface area (Å²) in [6.45, 7) is 0. The Balaban J connectivity index is 1.71. The molecule has 0 saturated heterocycles. The summed E-state index contributed by atoms with van der Waals surface area (Å²) in [5, 5.41) is 3.77. The molecule has 0 spiro atoms. The van der Waals surface area contributed by atoms with Crippen LogP contribution in [-0.4, -0.2) is 15.5 Å². The van der Waals surface area contributed by atoms with Gasteiger partial charge in [-0.15, -0.1) is 0 Å². The van der Waals surface area contributed by atoms with Gasteiger partial charge in [0, 0.05) is 15.7 Å². The smallest absolute Gasteiger partial charge is 0.362 e. The fraction of sp³-hybridized carbons (Fsp3) is 0.0357. The summed E-state index contributed by atoms with van der Waals surface area (Å²) in [6, 6.07) is 22.8. The molecular formula is C28H18Cl2N4O4. The van der Waals surface area contributed by atoms with E-state index in [1.54, 1.807) is 78.9 Å². The summed E-state index contributed by atoms with van der Waals surface area (Å²) in [5.41, 5.74) is 7.37. The fourth-order valence-electron chi connectivity index (χ4n) is 4.54. The Morgan fingerprint density at radius 2 is 1.63 bits per heavy atom. The number of benzene rings is 3. The molecule has 188 valence electrons. The molecule has 8 nitrogen and oxygen atoms in total. The molecule has 3 heterocycles. The minimum Gasteiger partial charge on any atom is -0.406 e. The third-order valence-electron chi connectivity index (χ3n) is 6.18. The number of aromatic nitrogens is 2. The van der Waals surface area contributed by atoms with E-state index in [4.69, 9.17) is 37.8 Å². The van der Waals surface area contributed by atoms with E-state index in [1.807, 2.05) is 6.07 Å². The van der Waals surface area contributed by atoms with Crippen LogP contribution >= 0.6 is 23.2 Å². The molecule has 0 unspecified atom stereocenters. The van der Waals surface area contributed by atoms with Gasteiger partial charge in [0.15, 0.2) is 0 Å². The highest BCUT2D eigenvalue weighted by Gasteiger charge is 2.39. The zero-order valence-corrected chi connectivity index (χ0v) is 21.0. The van der Waals surface area contributed by atoms with Crippen LogP contribution in [0.5, 0.6) is 0 Å². The number of nitrogens with two attached hydrogens (primary N) is 1. The number of halogens is 2. The molecule has 1 aliphatic rings. The van der Waals surface area contributed by atoms with Gasteiger partial charge in [-0.1, -0.05) is 77.8 Å². The largest absolute Gasteiger partial charge is 0.406 e. The monoisotopic (exact) mass is 544 g/mol. The first-order chi connectivity index (χ1) is 18.4. The molecule has 2 aromatic heterocycles. The Labute approximate surface area is 225 Å². The zero-order valence-electron chi connectivity index (χ0n) is 19.5. The van der Waals surface area contributed by atoms with E-state index < -0.39 is 17.5 Å². The van der Waals surface area contributed by atoms with Crippen molar-refractivity contribution in [3.05, 3.63) is 127 Å². The van der Waals surface area contributed by atoms with E-state index in [9.17, 15) is 9.59 Å². The zero-order chi connectivity index (χ0) is 26.4. The fourth-order valence-corrected chi connectivity index (χ4v) is 4.97. The van der Waals surface area contributed by atoms with E-state index in [0.717, 1.165) is 0 Å². The molecule has 1 atom stereocenters. The highest BCUT2D eigenvalue weighted by Crippen LogP contribution is 2.41. The average molecular weight is 545 g/mol. The van der Waals surface area contributed by atoms with Crippen molar-refractivity contribution in [2.24, 2.45) is 0 Å². The lowest BCUT2D eigenvalue weighted by molar-refractivity contribution is -0.111. The molecule has 3 N–H and O–H groups in total. The molecule has 0 fully saturated rings. The third-order valence-corrected chi connectivity index (χ3v) is 6.87. The minimum atomic E-state index is -0.845. The van der Waals surface area contributed by atoms with Crippen molar-refractivity contribution in [3.63, 3.8) is 0 Å². The van der Waals surface area contributed by atoms with Crippen molar-refractivity contribution in [1.82, 2.24) is 9.55 Å². The molecule has 5 aromatic rings. The van der Waals surface area contributed by atoms with Gasteiger partial charge in [-0.2, -0.15) is 4.98 Å². The van der Waals surface area contributed by atoms with Gasteiger partial charge >= 0.3 is 5.63 Å². The SMILES string of the molecule is Nc1nc2c(o1)-n1c(oc(=O)/c1=C\c1ccccc1Cl)=C(C(=O)Nc1ccccc1)[C@@H]2c1ccccc1Cl. The van der Waals surface area contributed by atoms with Gasteiger partial charge in [0.05, 0.1) is 11.5 Å². The Morgan fingerprint density at radius 1 is 0.947 bits per heavy atom. The van der Waals surface area contributed by atoms with Gasteiger partial charge in [-0.05, 0) is 41.5 Å². The van der Waals surface area contributed by atoms with Gasteiger partial charge < -0.3 is 19.9 Å². The van der Waals surface area contributed by atoms with Gasteiger partial charge in [0.1, 0.15) is 11.0 Å². The maximum absolute atomic E-state index is 13.9. The normalized spacial score (nSPS) is 14.7. The van der Waals surface area contributed by atoms with E-state index in [1.165, 1.54) is 4.57 Å². The van der Waals surface area contributed by atoms with Gasteiger partial charge in [-0.3, -0.25) is 4.79 Å². The van der Waals surface area contributed by atoms with Gasteiger partial charge in [0.25, 0.3) is 11.9 Å². The Kier molecular flexibility index (Phi) is 5.90. The molecule has 1 aliphatic heterocycles. The number of anilines is 2. The summed E-state index contributed by atoms with van der Waals surface area (Å²) < 4.78 is 12.9. The Morgan fingerprint density at radius 3 is 2.37 bits per heavy atom. The van der Waals surface area contributed by atoms with Crippen LogP contribution in [0.1, 0.15) is 22.7 Å². The van der Waals surface area contributed by atoms with Crippen molar-refractivity contribution >= 4 is 52.5 Å². The number of nitrogen functional groups attached to an aromatic ring is 1. The summed E-state index contributed by atoms with van der Waals surface area (Å²) >= 11 is 13.0. The quantitative estimate of drug-likeness (QED) is 0.352. The molecule has 0 aliphatic carbocycles. The Bertz CT molecular complexity index is 1890. The summed E-state index contributed by atoms with van der Waals surface area (Å²) in [4.78, 5) is 31.5. The number of carbonyl (C=O) groups is 1. The number of nitrogens with one attached hydrogen (secondary N) is 1. The number of fused-ring (bicyclic) bond motifs is 3. The average Bonchev–Trinajstić information content (AvgIpc) is 3.44. The maximum Gasteiger partial charge on any atom is 0.362 e. The molecule has 0 bridgehead atoms. The number of hydrogen-bond acceptors (Lipinski definition) is 6. The van der Waals surface area contributed by atoms with Crippen LogP contribution in [0, 0.1) is 0 Å². The molecular weight excluding hydrogens is 527 g/mol. The highest BCUT2D eigenvalue weighted by molar-refractivity contribution is 6.32. The third kappa shape index (κ3) is 4.00. The Hall–Kier alpha value is -4.53. The molecule has 0 saturated carbocycles. The molecule has 0 radical (unpaired) electrons.